The summed E-state index contributed by atoms with van der Waals surface area (Å²) in [6, 6.07) is 0.578. The fourth-order valence-corrected chi connectivity index (χ4v) is 1.26. The predicted octanol–water partition coefficient (Wildman–Crippen LogP) is 1.29. The van der Waals surface area contributed by atoms with Crippen LogP contribution in [0.2, 0.25) is 0 Å². The molecular weight excluding hydrogens is 164 g/mol. The molecule has 0 aromatic carbocycles. The molecule has 0 aliphatic heterocycles. The van der Waals surface area contributed by atoms with Crippen LogP contribution < -0.4 is 10.6 Å². The monoisotopic (exact) mass is 186 g/mol. The molecule has 0 rings (SSSR count). The number of rotatable bonds is 7. The van der Waals surface area contributed by atoms with Crippen LogP contribution in [0.1, 0.15) is 39.5 Å². The van der Waals surface area contributed by atoms with Gasteiger partial charge in [-0.15, -0.1) is 0 Å². The largest absolute Gasteiger partial charge is 0.359 e. The Morgan fingerprint density at radius 3 is 2.69 bits per heavy atom. The molecule has 0 fully saturated rings. The van der Waals surface area contributed by atoms with Gasteiger partial charge in [-0.1, -0.05) is 13.3 Å². The number of hydrogen-bond acceptors (Lipinski definition) is 2. The third kappa shape index (κ3) is 7.78. The van der Waals surface area contributed by atoms with Crippen molar-refractivity contribution in [2.24, 2.45) is 0 Å². The van der Waals surface area contributed by atoms with Crippen LogP contribution in [0.15, 0.2) is 0 Å². The smallest absolute Gasteiger partial charge is 0.219 e. The molecule has 0 saturated carbocycles. The van der Waals surface area contributed by atoms with Crippen molar-refractivity contribution >= 4 is 5.91 Å². The van der Waals surface area contributed by atoms with E-state index in [-0.39, 0.29) is 5.91 Å². The topological polar surface area (TPSA) is 41.1 Å². The van der Waals surface area contributed by atoms with Crippen LogP contribution in [0, 0.1) is 0 Å². The Morgan fingerprint density at radius 2 is 2.15 bits per heavy atom. The van der Waals surface area contributed by atoms with Gasteiger partial charge in [0.2, 0.25) is 5.91 Å². The third-order valence-corrected chi connectivity index (χ3v) is 2.07. The maximum Gasteiger partial charge on any atom is 0.219 e. The minimum Gasteiger partial charge on any atom is -0.359 e. The van der Waals surface area contributed by atoms with E-state index in [1.165, 1.54) is 12.8 Å². The lowest BCUT2D eigenvalue weighted by molar-refractivity contribution is -0.120. The molecule has 0 radical (unpaired) electrons. The molecule has 2 N–H and O–H groups in total. The molecule has 0 saturated heterocycles. The van der Waals surface area contributed by atoms with E-state index in [1.807, 2.05) is 0 Å². The molecule has 78 valence electrons. The highest BCUT2D eigenvalue weighted by Gasteiger charge is 2.00. The zero-order chi connectivity index (χ0) is 10.1. The number of nitrogens with one attached hydrogen (secondary N) is 2. The number of amides is 1. The van der Waals surface area contributed by atoms with E-state index in [0.717, 1.165) is 13.0 Å². The summed E-state index contributed by atoms with van der Waals surface area (Å²) in [5.74, 6) is 0.130. The van der Waals surface area contributed by atoms with Gasteiger partial charge in [-0.2, -0.15) is 0 Å². The van der Waals surface area contributed by atoms with E-state index in [1.54, 1.807) is 7.05 Å². The second kappa shape index (κ2) is 8.05. The number of carbonyl (C=O) groups is 1. The SMILES string of the molecule is CCCC(C)NCCCC(=O)NC. The van der Waals surface area contributed by atoms with E-state index in [2.05, 4.69) is 24.5 Å². The van der Waals surface area contributed by atoms with Gasteiger partial charge in [0.25, 0.3) is 0 Å². The highest BCUT2D eigenvalue weighted by Crippen LogP contribution is 1.95. The van der Waals surface area contributed by atoms with Gasteiger partial charge in [0.05, 0.1) is 0 Å². The minimum absolute atomic E-state index is 0.130. The lowest BCUT2D eigenvalue weighted by Gasteiger charge is -2.11. The van der Waals surface area contributed by atoms with Crippen molar-refractivity contribution in [2.45, 2.75) is 45.6 Å². The summed E-state index contributed by atoms with van der Waals surface area (Å²) in [5, 5.41) is 5.99. The molecule has 3 heteroatoms. The van der Waals surface area contributed by atoms with Crippen molar-refractivity contribution in [2.75, 3.05) is 13.6 Å². The molecule has 0 aromatic rings. The van der Waals surface area contributed by atoms with Crippen LogP contribution in [-0.4, -0.2) is 25.5 Å². The van der Waals surface area contributed by atoms with Crippen molar-refractivity contribution < 1.29 is 4.79 Å². The zero-order valence-electron chi connectivity index (χ0n) is 9.02. The van der Waals surface area contributed by atoms with Crippen LogP contribution in [0.3, 0.4) is 0 Å². The van der Waals surface area contributed by atoms with Crippen LogP contribution >= 0.6 is 0 Å². The highest BCUT2D eigenvalue weighted by atomic mass is 16.1. The van der Waals surface area contributed by atoms with E-state index in [4.69, 9.17) is 0 Å². The summed E-state index contributed by atoms with van der Waals surface area (Å²) in [7, 11) is 1.68. The van der Waals surface area contributed by atoms with Gasteiger partial charge < -0.3 is 10.6 Å². The second-order valence-corrected chi connectivity index (χ2v) is 3.42. The Labute approximate surface area is 81.3 Å². The van der Waals surface area contributed by atoms with Crippen molar-refractivity contribution in [3.63, 3.8) is 0 Å². The molecular formula is C10H22N2O. The van der Waals surface area contributed by atoms with Crippen molar-refractivity contribution in [3.8, 4) is 0 Å². The average molecular weight is 186 g/mol. The number of hydrogen-bond donors (Lipinski definition) is 2. The maximum atomic E-state index is 10.8. The summed E-state index contributed by atoms with van der Waals surface area (Å²) in [6.45, 7) is 5.31. The molecule has 0 spiro atoms. The van der Waals surface area contributed by atoms with Crippen LogP contribution in [0.4, 0.5) is 0 Å². The second-order valence-electron chi connectivity index (χ2n) is 3.42. The Kier molecular flexibility index (Phi) is 7.69. The van der Waals surface area contributed by atoms with Gasteiger partial charge in [-0.25, -0.2) is 0 Å². The minimum atomic E-state index is 0.130. The molecule has 1 amide bonds. The van der Waals surface area contributed by atoms with Crippen molar-refractivity contribution in [3.05, 3.63) is 0 Å². The van der Waals surface area contributed by atoms with E-state index < -0.39 is 0 Å². The first-order valence-corrected chi connectivity index (χ1v) is 5.14. The third-order valence-electron chi connectivity index (χ3n) is 2.07. The Balaban J connectivity index is 3.20. The van der Waals surface area contributed by atoms with Crippen molar-refractivity contribution in [1.29, 1.82) is 0 Å². The molecule has 0 aromatic heterocycles. The quantitative estimate of drug-likeness (QED) is 0.588. The van der Waals surface area contributed by atoms with Crippen molar-refractivity contribution in [1.82, 2.24) is 10.6 Å². The van der Waals surface area contributed by atoms with E-state index >= 15 is 0 Å². The lowest BCUT2D eigenvalue weighted by Crippen LogP contribution is -2.28. The molecule has 0 aliphatic carbocycles. The summed E-state index contributed by atoms with van der Waals surface area (Å²) in [6.07, 6.45) is 3.97. The standard InChI is InChI=1S/C10H22N2O/c1-4-6-9(2)12-8-5-7-10(13)11-3/h9,12H,4-8H2,1-3H3,(H,11,13). The molecule has 1 unspecified atom stereocenters. The number of carbonyl (C=O) groups excluding carboxylic acids is 1. The van der Waals surface area contributed by atoms with Gasteiger partial charge in [0, 0.05) is 19.5 Å². The molecule has 0 aliphatic rings. The van der Waals surface area contributed by atoms with Gasteiger partial charge in [0.1, 0.15) is 0 Å². The molecule has 0 heterocycles. The zero-order valence-corrected chi connectivity index (χ0v) is 9.02. The Hall–Kier alpha value is -0.570. The normalized spacial score (nSPS) is 12.5. The van der Waals surface area contributed by atoms with Gasteiger partial charge >= 0.3 is 0 Å². The molecule has 3 nitrogen and oxygen atoms in total. The Bertz CT molecular complexity index is 137. The van der Waals surface area contributed by atoms with E-state index in [9.17, 15) is 4.79 Å². The maximum absolute atomic E-state index is 10.8. The Morgan fingerprint density at radius 1 is 1.46 bits per heavy atom. The average Bonchev–Trinajstić information content (AvgIpc) is 2.12. The predicted molar refractivity (Wildman–Crippen MR) is 55.7 cm³/mol. The van der Waals surface area contributed by atoms with Crippen LogP contribution in [-0.2, 0) is 4.79 Å². The van der Waals surface area contributed by atoms with Gasteiger partial charge in [-0.05, 0) is 26.3 Å². The highest BCUT2D eigenvalue weighted by molar-refractivity contribution is 5.75. The summed E-state index contributed by atoms with van der Waals surface area (Å²) in [4.78, 5) is 10.8. The van der Waals surface area contributed by atoms with Gasteiger partial charge in [-0.3, -0.25) is 4.79 Å². The van der Waals surface area contributed by atoms with Crippen LogP contribution in [0.25, 0.3) is 0 Å². The fraction of sp³-hybridized carbons (Fsp3) is 0.900. The molecule has 1 atom stereocenters. The first kappa shape index (κ1) is 12.4. The summed E-state index contributed by atoms with van der Waals surface area (Å²) >= 11 is 0. The summed E-state index contributed by atoms with van der Waals surface area (Å²) < 4.78 is 0. The first-order chi connectivity index (χ1) is 6.20. The van der Waals surface area contributed by atoms with Gasteiger partial charge in [0.15, 0.2) is 0 Å². The van der Waals surface area contributed by atoms with E-state index in [0.29, 0.717) is 12.5 Å². The first-order valence-electron chi connectivity index (χ1n) is 5.14. The van der Waals surface area contributed by atoms with Crippen LogP contribution in [0.5, 0.6) is 0 Å². The summed E-state index contributed by atoms with van der Waals surface area (Å²) in [5.41, 5.74) is 0. The molecule has 13 heavy (non-hydrogen) atoms. The fourth-order valence-electron chi connectivity index (χ4n) is 1.26. The molecule has 0 bridgehead atoms. The lowest BCUT2D eigenvalue weighted by atomic mass is 10.2.